The van der Waals surface area contributed by atoms with Crippen LogP contribution in [0.3, 0.4) is 0 Å². The van der Waals surface area contributed by atoms with Crippen molar-refractivity contribution in [3.8, 4) is 0 Å². The minimum absolute atomic E-state index is 0.0422. The molecule has 0 bridgehead atoms. The first-order valence-corrected chi connectivity index (χ1v) is 5.78. The van der Waals surface area contributed by atoms with Crippen LogP contribution in [0.25, 0.3) is 0 Å². The number of hydrogen-bond donors (Lipinski definition) is 1. The summed E-state index contributed by atoms with van der Waals surface area (Å²) >= 11 is 0. The largest absolute Gasteiger partial charge is 0.349 e. The maximum atomic E-state index is 11.8. The molecule has 1 unspecified atom stereocenters. The molecule has 0 aliphatic carbocycles. The molecule has 92 valence electrons. The van der Waals surface area contributed by atoms with Crippen LogP contribution >= 0.6 is 0 Å². The van der Waals surface area contributed by atoms with Crippen LogP contribution in [0, 0.1) is 0 Å². The predicted octanol–water partition coefficient (Wildman–Crippen LogP) is -0.325. The van der Waals surface area contributed by atoms with E-state index in [0.717, 1.165) is 19.5 Å². The summed E-state index contributed by atoms with van der Waals surface area (Å²) in [4.78, 5) is 26.5. The van der Waals surface area contributed by atoms with Crippen molar-refractivity contribution >= 4 is 11.8 Å². The summed E-state index contributed by atoms with van der Waals surface area (Å²) in [6.07, 6.45) is 1.26. The van der Waals surface area contributed by atoms with Gasteiger partial charge in [0.15, 0.2) is 0 Å². The van der Waals surface area contributed by atoms with Gasteiger partial charge in [0.25, 0.3) is 0 Å². The number of carbonyl (C=O) groups excluding carboxylic acids is 2. The summed E-state index contributed by atoms with van der Waals surface area (Å²) in [5.41, 5.74) is 0. The van der Waals surface area contributed by atoms with Crippen LogP contribution < -0.4 is 5.32 Å². The molecule has 1 saturated heterocycles. The highest BCUT2D eigenvalue weighted by atomic mass is 16.2. The standard InChI is InChI=1S/C11H21N3O2/c1-4-12-9-5-7-14(11(9)16)8-6-10(15)13(2)3/h9,12H,4-8H2,1-3H3. The first kappa shape index (κ1) is 13.0. The number of nitrogens with one attached hydrogen (secondary N) is 1. The third-order valence-electron chi connectivity index (χ3n) is 2.84. The highest BCUT2D eigenvalue weighted by molar-refractivity contribution is 5.84. The summed E-state index contributed by atoms with van der Waals surface area (Å²) in [5, 5.41) is 3.15. The summed E-state index contributed by atoms with van der Waals surface area (Å²) in [7, 11) is 3.46. The number of carbonyl (C=O) groups is 2. The molecule has 1 N–H and O–H groups in total. The number of amides is 2. The van der Waals surface area contributed by atoms with E-state index in [1.54, 1.807) is 23.9 Å². The normalized spacial score (nSPS) is 20.3. The van der Waals surface area contributed by atoms with Gasteiger partial charge in [0.05, 0.1) is 6.04 Å². The fraction of sp³-hybridized carbons (Fsp3) is 0.818. The number of likely N-dealkylation sites (N-methyl/N-ethyl adjacent to an activating group) is 1. The SMILES string of the molecule is CCNC1CCN(CCC(=O)N(C)C)C1=O. The molecule has 0 spiro atoms. The molecule has 0 aromatic carbocycles. The molecule has 1 heterocycles. The lowest BCUT2D eigenvalue weighted by Gasteiger charge is -2.18. The molecule has 1 atom stereocenters. The number of rotatable bonds is 5. The summed E-state index contributed by atoms with van der Waals surface area (Å²) in [6.45, 7) is 4.10. The van der Waals surface area contributed by atoms with Gasteiger partial charge < -0.3 is 15.1 Å². The minimum atomic E-state index is -0.0422. The summed E-state index contributed by atoms with van der Waals surface area (Å²) in [6, 6.07) is -0.0422. The first-order chi connectivity index (χ1) is 7.56. The zero-order valence-electron chi connectivity index (χ0n) is 10.3. The van der Waals surface area contributed by atoms with Gasteiger partial charge >= 0.3 is 0 Å². The average Bonchev–Trinajstić information content (AvgIpc) is 2.58. The van der Waals surface area contributed by atoms with Gasteiger partial charge in [-0.3, -0.25) is 9.59 Å². The average molecular weight is 227 g/mol. The van der Waals surface area contributed by atoms with Crippen LogP contribution in [0.15, 0.2) is 0 Å². The van der Waals surface area contributed by atoms with Crippen LogP contribution in [0.5, 0.6) is 0 Å². The van der Waals surface area contributed by atoms with Gasteiger partial charge in [-0.15, -0.1) is 0 Å². The van der Waals surface area contributed by atoms with Crippen molar-refractivity contribution in [1.29, 1.82) is 0 Å². The summed E-state index contributed by atoms with van der Waals surface area (Å²) < 4.78 is 0. The fourth-order valence-electron chi connectivity index (χ4n) is 1.85. The number of nitrogens with zero attached hydrogens (tertiary/aromatic N) is 2. The van der Waals surface area contributed by atoms with Crippen molar-refractivity contribution in [2.24, 2.45) is 0 Å². The smallest absolute Gasteiger partial charge is 0.239 e. The van der Waals surface area contributed by atoms with Gasteiger partial charge in [-0.2, -0.15) is 0 Å². The van der Waals surface area contributed by atoms with E-state index in [1.165, 1.54) is 0 Å². The molecule has 0 aromatic heterocycles. The van der Waals surface area contributed by atoms with Crippen molar-refractivity contribution in [2.75, 3.05) is 33.7 Å². The number of likely N-dealkylation sites (tertiary alicyclic amines) is 1. The van der Waals surface area contributed by atoms with Crippen LogP contribution in [0.1, 0.15) is 19.8 Å². The van der Waals surface area contributed by atoms with Gasteiger partial charge in [-0.25, -0.2) is 0 Å². The highest BCUT2D eigenvalue weighted by Gasteiger charge is 2.30. The van der Waals surface area contributed by atoms with Crippen LogP contribution in [-0.2, 0) is 9.59 Å². The molecular weight excluding hydrogens is 206 g/mol. The van der Waals surface area contributed by atoms with Gasteiger partial charge in [0, 0.05) is 33.6 Å². The quantitative estimate of drug-likeness (QED) is 0.700. The first-order valence-electron chi connectivity index (χ1n) is 5.78. The third kappa shape index (κ3) is 3.20. The maximum Gasteiger partial charge on any atom is 0.239 e. The van der Waals surface area contributed by atoms with Crippen molar-refractivity contribution in [1.82, 2.24) is 15.1 Å². The molecule has 1 aliphatic rings. The molecule has 0 aromatic rings. The van der Waals surface area contributed by atoms with Crippen molar-refractivity contribution in [2.45, 2.75) is 25.8 Å². The van der Waals surface area contributed by atoms with E-state index < -0.39 is 0 Å². The van der Waals surface area contributed by atoms with Gasteiger partial charge in [-0.05, 0) is 13.0 Å². The Labute approximate surface area is 96.8 Å². The molecule has 0 radical (unpaired) electrons. The fourth-order valence-corrected chi connectivity index (χ4v) is 1.85. The van der Waals surface area contributed by atoms with Gasteiger partial charge in [0.2, 0.25) is 11.8 Å². The molecule has 1 rings (SSSR count). The minimum Gasteiger partial charge on any atom is -0.349 e. The van der Waals surface area contributed by atoms with E-state index in [1.807, 2.05) is 6.92 Å². The molecule has 5 nitrogen and oxygen atoms in total. The monoisotopic (exact) mass is 227 g/mol. The van der Waals surface area contributed by atoms with Crippen molar-refractivity contribution in [3.05, 3.63) is 0 Å². The topological polar surface area (TPSA) is 52.7 Å². The van der Waals surface area contributed by atoms with Crippen LogP contribution in [0.2, 0.25) is 0 Å². The molecule has 0 saturated carbocycles. The Morgan fingerprint density at radius 1 is 1.56 bits per heavy atom. The molecule has 1 fully saturated rings. The van der Waals surface area contributed by atoms with Crippen molar-refractivity contribution in [3.63, 3.8) is 0 Å². The Morgan fingerprint density at radius 3 is 2.81 bits per heavy atom. The number of hydrogen-bond acceptors (Lipinski definition) is 3. The second-order valence-corrected chi connectivity index (χ2v) is 4.26. The second kappa shape index (κ2) is 5.84. The molecule has 1 aliphatic heterocycles. The molecular formula is C11H21N3O2. The Morgan fingerprint density at radius 2 is 2.25 bits per heavy atom. The third-order valence-corrected chi connectivity index (χ3v) is 2.84. The van der Waals surface area contributed by atoms with Crippen molar-refractivity contribution < 1.29 is 9.59 Å². The molecule has 2 amide bonds. The maximum absolute atomic E-state index is 11.8. The van der Waals surface area contributed by atoms with E-state index in [0.29, 0.717) is 13.0 Å². The Balaban J connectivity index is 2.34. The lowest BCUT2D eigenvalue weighted by molar-refractivity contribution is -0.131. The van der Waals surface area contributed by atoms with E-state index in [-0.39, 0.29) is 17.9 Å². The zero-order valence-corrected chi connectivity index (χ0v) is 10.3. The van der Waals surface area contributed by atoms with Gasteiger partial charge in [-0.1, -0.05) is 6.92 Å². The van der Waals surface area contributed by atoms with Crippen LogP contribution in [0.4, 0.5) is 0 Å². The van der Waals surface area contributed by atoms with Gasteiger partial charge in [0.1, 0.15) is 0 Å². The van der Waals surface area contributed by atoms with E-state index in [9.17, 15) is 9.59 Å². The molecule has 5 heteroatoms. The zero-order chi connectivity index (χ0) is 12.1. The second-order valence-electron chi connectivity index (χ2n) is 4.26. The Kier molecular flexibility index (Phi) is 4.73. The van der Waals surface area contributed by atoms with E-state index in [4.69, 9.17) is 0 Å². The Bertz CT molecular complexity index is 266. The van der Waals surface area contributed by atoms with E-state index >= 15 is 0 Å². The lowest BCUT2D eigenvalue weighted by atomic mass is 10.2. The summed E-state index contributed by atoms with van der Waals surface area (Å²) in [5.74, 6) is 0.202. The van der Waals surface area contributed by atoms with Crippen LogP contribution in [-0.4, -0.2) is 61.4 Å². The lowest BCUT2D eigenvalue weighted by Crippen LogP contribution is -2.39. The predicted molar refractivity (Wildman–Crippen MR) is 62.0 cm³/mol. The highest BCUT2D eigenvalue weighted by Crippen LogP contribution is 2.11. The molecule has 16 heavy (non-hydrogen) atoms. The Hall–Kier alpha value is -1.10. The van der Waals surface area contributed by atoms with E-state index in [2.05, 4.69) is 5.32 Å².